The molecule has 0 aliphatic heterocycles. The van der Waals surface area contributed by atoms with E-state index < -0.39 is 0 Å². The number of hydrogen-bond donors (Lipinski definition) is 0. The Morgan fingerprint density at radius 1 is 0.306 bits per heavy atom. The van der Waals surface area contributed by atoms with E-state index in [1.54, 1.807) is 0 Å². The number of fused-ring (bicyclic) bond motifs is 10. The van der Waals surface area contributed by atoms with Gasteiger partial charge >= 0.3 is 0 Å². The van der Waals surface area contributed by atoms with Crippen LogP contribution in [0.15, 0.2) is 176 Å². The molecular weight excluding hydrogens is 591 g/mol. The third-order valence-corrected chi connectivity index (χ3v) is 11.9. The van der Waals surface area contributed by atoms with Crippen LogP contribution in [0.5, 0.6) is 0 Å². The van der Waals surface area contributed by atoms with E-state index in [2.05, 4.69) is 181 Å². The minimum Gasteiger partial charge on any atom is -0.310 e. The van der Waals surface area contributed by atoms with Crippen LogP contribution in [-0.2, 0) is 10.8 Å². The summed E-state index contributed by atoms with van der Waals surface area (Å²) in [6.45, 7) is 0. The van der Waals surface area contributed by atoms with Crippen LogP contribution in [0.2, 0.25) is 0 Å². The second kappa shape index (κ2) is 10.9. The van der Waals surface area contributed by atoms with Gasteiger partial charge in [-0.3, -0.25) is 0 Å². The average Bonchev–Trinajstić information content (AvgIpc) is 3.60. The van der Waals surface area contributed by atoms with E-state index in [0.29, 0.717) is 0 Å². The summed E-state index contributed by atoms with van der Waals surface area (Å²) in [6.07, 6.45) is 4.58. The molecule has 49 heavy (non-hydrogen) atoms. The Balaban J connectivity index is 1.07. The monoisotopic (exact) mass is 627 g/mol. The van der Waals surface area contributed by atoms with Crippen molar-refractivity contribution >= 4 is 17.1 Å². The van der Waals surface area contributed by atoms with E-state index in [1.165, 1.54) is 55.6 Å². The van der Waals surface area contributed by atoms with E-state index in [1.807, 2.05) is 0 Å². The molecule has 3 aliphatic carbocycles. The van der Waals surface area contributed by atoms with Gasteiger partial charge in [0.2, 0.25) is 0 Å². The van der Waals surface area contributed by atoms with Crippen molar-refractivity contribution < 1.29 is 0 Å². The first-order valence-corrected chi connectivity index (χ1v) is 17.7. The van der Waals surface area contributed by atoms with Crippen LogP contribution in [-0.4, -0.2) is 0 Å². The van der Waals surface area contributed by atoms with Crippen LogP contribution in [0.25, 0.3) is 33.4 Å². The third kappa shape index (κ3) is 4.18. The summed E-state index contributed by atoms with van der Waals surface area (Å²) in [5.41, 5.74) is 17.9. The maximum Gasteiger partial charge on any atom is 0.0467 e. The van der Waals surface area contributed by atoms with Crippen LogP contribution < -0.4 is 4.90 Å². The molecule has 0 aromatic heterocycles. The fraction of sp³-hybridized carbons (Fsp3) is 0.125. The van der Waals surface area contributed by atoms with Gasteiger partial charge in [0.25, 0.3) is 0 Å². The van der Waals surface area contributed by atoms with Crippen LogP contribution in [0.1, 0.15) is 47.9 Å². The third-order valence-electron chi connectivity index (χ3n) is 11.9. The van der Waals surface area contributed by atoms with Crippen LogP contribution in [0.3, 0.4) is 0 Å². The summed E-state index contributed by atoms with van der Waals surface area (Å²) in [5, 5.41) is 0. The van der Waals surface area contributed by atoms with E-state index >= 15 is 0 Å². The van der Waals surface area contributed by atoms with Gasteiger partial charge in [-0.25, -0.2) is 0 Å². The normalized spacial score (nSPS) is 15.8. The highest BCUT2D eigenvalue weighted by molar-refractivity contribution is 5.86. The molecule has 234 valence electrons. The molecule has 1 nitrogen and oxygen atoms in total. The predicted molar refractivity (Wildman–Crippen MR) is 204 cm³/mol. The van der Waals surface area contributed by atoms with Crippen molar-refractivity contribution in [2.75, 3.05) is 4.90 Å². The lowest BCUT2D eigenvalue weighted by Crippen LogP contribution is -2.39. The summed E-state index contributed by atoms with van der Waals surface area (Å²) in [6, 6.07) is 65.4. The first-order valence-electron chi connectivity index (χ1n) is 17.7. The Kier molecular flexibility index (Phi) is 6.33. The number of rotatable bonds is 4. The minimum absolute atomic E-state index is 0.0113. The highest BCUT2D eigenvalue weighted by atomic mass is 15.1. The Labute approximate surface area is 289 Å². The molecule has 0 unspecified atom stereocenters. The molecule has 1 heteroatoms. The highest BCUT2D eigenvalue weighted by Gasteiger charge is 2.52. The molecule has 0 atom stereocenters. The molecule has 0 amide bonds. The number of anilines is 3. The van der Waals surface area contributed by atoms with Crippen LogP contribution >= 0.6 is 0 Å². The molecule has 0 radical (unpaired) electrons. The minimum atomic E-state index is 0.0113. The highest BCUT2D eigenvalue weighted by Crippen LogP contribution is 2.63. The number of benzene rings is 7. The molecule has 3 aliphatic rings. The van der Waals surface area contributed by atoms with Crippen LogP contribution in [0, 0.1) is 0 Å². The van der Waals surface area contributed by atoms with Crippen molar-refractivity contribution in [3.05, 3.63) is 198 Å². The Hall–Kier alpha value is -5.66. The van der Waals surface area contributed by atoms with Gasteiger partial charge in [0.1, 0.15) is 0 Å². The van der Waals surface area contributed by atoms with E-state index in [9.17, 15) is 0 Å². The maximum absolute atomic E-state index is 2.54. The first-order chi connectivity index (χ1) is 24.3. The fourth-order valence-electron chi connectivity index (χ4n) is 9.66. The standard InChI is InChI=1S/C48H37N/c1-3-15-36(16-4-1)49(37-17-5-2-6-18-37)38-19-13-14-34(32-38)35-26-27-42-41-22-9-12-25-45(41)48(46(42)33-35)30-28-47(29-31-48)43-23-10-7-20-39(43)40-21-8-11-24-44(40)47/h1-27,32-33H,28-31H2. The molecule has 10 rings (SSSR count). The van der Waals surface area contributed by atoms with E-state index in [4.69, 9.17) is 0 Å². The van der Waals surface area contributed by atoms with Gasteiger partial charge < -0.3 is 4.90 Å². The van der Waals surface area contributed by atoms with Crippen molar-refractivity contribution in [1.29, 1.82) is 0 Å². The summed E-state index contributed by atoms with van der Waals surface area (Å²) in [7, 11) is 0. The maximum atomic E-state index is 2.54. The van der Waals surface area contributed by atoms with Crippen molar-refractivity contribution in [2.45, 2.75) is 36.5 Å². The molecule has 0 saturated heterocycles. The Morgan fingerprint density at radius 2 is 0.714 bits per heavy atom. The average molecular weight is 628 g/mol. The lowest BCUT2D eigenvalue weighted by molar-refractivity contribution is 0.265. The SMILES string of the molecule is c1ccc(N(c2ccccc2)c2cccc(-c3ccc4c(c3)C3(CCC5(CC3)c3ccccc3-c3ccccc35)c3ccccc3-4)c2)cc1. The smallest absolute Gasteiger partial charge is 0.0467 e. The van der Waals surface area contributed by atoms with E-state index in [-0.39, 0.29) is 10.8 Å². The molecule has 0 heterocycles. The van der Waals surface area contributed by atoms with Crippen molar-refractivity contribution in [3.63, 3.8) is 0 Å². The van der Waals surface area contributed by atoms with Gasteiger partial charge in [-0.15, -0.1) is 0 Å². The second-order valence-electron chi connectivity index (χ2n) is 14.1. The lowest BCUT2D eigenvalue weighted by atomic mass is 9.57. The van der Waals surface area contributed by atoms with Gasteiger partial charge in [-0.1, -0.05) is 133 Å². The van der Waals surface area contributed by atoms with Gasteiger partial charge in [-0.05, 0) is 124 Å². The van der Waals surface area contributed by atoms with E-state index in [0.717, 1.165) is 42.7 Å². The molecule has 0 bridgehead atoms. The van der Waals surface area contributed by atoms with Gasteiger partial charge in [0, 0.05) is 27.9 Å². The summed E-state index contributed by atoms with van der Waals surface area (Å²) >= 11 is 0. The van der Waals surface area contributed by atoms with Crippen molar-refractivity contribution in [3.8, 4) is 33.4 Å². The number of hydrogen-bond acceptors (Lipinski definition) is 1. The summed E-state index contributed by atoms with van der Waals surface area (Å²) in [5.74, 6) is 0. The number of nitrogens with zero attached hydrogens (tertiary/aromatic N) is 1. The second-order valence-corrected chi connectivity index (χ2v) is 14.1. The molecular formula is C48H37N. The molecule has 2 spiro atoms. The van der Waals surface area contributed by atoms with Gasteiger partial charge in [0.15, 0.2) is 0 Å². The van der Waals surface area contributed by atoms with Crippen LogP contribution in [0.4, 0.5) is 17.1 Å². The zero-order valence-electron chi connectivity index (χ0n) is 27.5. The summed E-state index contributed by atoms with van der Waals surface area (Å²) < 4.78 is 0. The zero-order valence-corrected chi connectivity index (χ0v) is 27.5. The Morgan fingerprint density at radius 3 is 1.24 bits per heavy atom. The Bertz CT molecular complexity index is 2260. The molecule has 1 saturated carbocycles. The fourth-order valence-corrected chi connectivity index (χ4v) is 9.66. The predicted octanol–water partition coefficient (Wildman–Crippen LogP) is 12.6. The largest absolute Gasteiger partial charge is 0.310 e. The van der Waals surface area contributed by atoms with Crippen molar-refractivity contribution in [1.82, 2.24) is 0 Å². The molecule has 1 fully saturated rings. The first kappa shape index (κ1) is 28.4. The van der Waals surface area contributed by atoms with Gasteiger partial charge in [-0.2, -0.15) is 0 Å². The molecule has 0 N–H and O–H groups in total. The molecule has 7 aromatic carbocycles. The summed E-state index contributed by atoms with van der Waals surface area (Å²) in [4.78, 5) is 2.35. The molecule has 7 aromatic rings. The topological polar surface area (TPSA) is 3.24 Å². The quantitative estimate of drug-likeness (QED) is 0.188. The zero-order chi connectivity index (χ0) is 32.4. The lowest BCUT2D eigenvalue weighted by Gasteiger charge is -2.45. The van der Waals surface area contributed by atoms with Gasteiger partial charge in [0.05, 0.1) is 0 Å². The van der Waals surface area contributed by atoms with Crippen molar-refractivity contribution in [2.24, 2.45) is 0 Å². The number of para-hydroxylation sites is 2.